The summed E-state index contributed by atoms with van der Waals surface area (Å²) in [7, 11) is 0. The largest absolute Gasteiger partial charge is 0.492 e. The van der Waals surface area contributed by atoms with Gasteiger partial charge in [0.25, 0.3) is 0 Å². The fraction of sp³-hybridized carbons (Fsp3) is 0.333. The Balaban J connectivity index is 1.77. The summed E-state index contributed by atoms with van der Waals surface area (Å²) in [4.78, 5) is 21.2. The van der Waals surface area contributed by atoms with Gasteiger partial charge in [0.2, 0.25) is 0 Å². The van der Waals surface area contributed by atoms with Gasteiger partial charge in [0.1, 0.15) is 5.76 Å². The highest BCUT2D eigenvalue weighted by molar-refractivity contribution is 6.00. The number of ether oxygens (including phenoxy) is 1. The zero-order chi connectivity index (χ0) is 25.8. The van der Waals surface area contributed by atoms with E-state index in [2.05, 4.69) is 25.9 Å². The molecular weight excluding hydrogens is 461 g/mol. The van der Waals surface area contributed by atoms with E-state index in [4.69, 9.17) is 4.74 Å². The van der Waals surface area contributed by atoms with Gasteiger partial charge in [0.05, 0.1) is 41.2 Å². The van der Waals surface area contributed by atoms with Crippen molar-refractivity contribution in [3.05, 3.63) is 65.1 Å². The molecule has 0 spiro atoms. The molecule has 2 heterocycles. The quantitative estimate of drug-likeness (QED) is 0.523. The van der Waals surface area contributed by atoms with Crippen molar-refractivity contribution in [2.75, 3.05) is 23.8 Å². The zero-order valence-corrected chi connectivity index (χ0v) is 19.7. The minimum absolute atomic E-state index is 0.0730. The Labute approximate surface area is 200 Å². The number of amides is 2. The predicted molar refractivity (Wildman–Crippen MR) is 125 cm³/mol. The highest BCUT2D eigenvalue weighted by Gasteiger charge is 2.38. The average Bonchev–Trinajstić information content (AvgIpc) is 2.80. The summed E-state index contributed by atoms with van der Waals surface area (Å²) < 4.78 is 46.3. The first-order valence-corrected chi connectivity index (χ1v) is 10.8. The van der Waals surface area contributed by atoms with Gasteiger partial charge in [0.15, 0.2) is 5.82 Å². The number of aromatic nitrogens is 2. The Hall–Kier alpha value is -4.07. The monoisotopic (exact) mass is 486 g/mol. The topological polar surface area (TPSA) is 112 Å². The Bertz CT molecular complexity index is 1230. The number of rotatable bonds is 6. The molecule has 8 nitrogen and oxygen atoms in total. The molecular formula is C24H25F3N6O2. The lowest BCUT2D eigenvalue weighted by molar-refractivity contribution is -0.138. The highest BCUT2D eigenvalue weighted by Crippen LogP contribution is 2.39. The third-order valence-electron chi connectivity index (χ3n) is 5.21. The number of dihydropyridines is 1. The first-order chi connectivity index (χ1) is 16.4. The third-order valence-corrected chi connectivity index (χ3v) is 5.21. The van der Waals surface area contributed by atoms with Gasteiger partial charge in [-0.3, -0.25) is 0 Å². The van der Waals surface area contributed by atoms with Crippen LogP contribution in [0.4, 0.5) is 29.3 Å². The van der Waals surface area contributed by atoms with Crippen LogP contribution in [0.5, 0.6) is 0 Å². The van der Waals surface area contributed by atoms with Crippen LogP contribution < -0.4 is 16.0 Å². The number of nitrogens with zero attached hydrogens (tertiary/aromatic N) is 3. The molecule has 1 aromatic heterocycles. The normalized spacial score (nSPS) is 13.7. The maximum absolute atomic E-state index is 13.6. The Kier molecular flexibility index (Phi) is 7.34. The first kappa shape index (κ1) is 25.6. The van der Waals surface area contributed by atoms with Crippen LogP contribution in [-0.4, -0.2) is 29.2 Å². The van der Waals surface area contributed by atoms with Gasteiger partial charge >= 0.3 is 12.2 Å². The summed E-state index contributed by atoms with van der Waals surface area (Å²) in [6.45, 7) is 7.37. The number of nitriles is 1. The molecule has 0 saturated carbocycles. The van der Waals surface area contributed by atoms with Crippen molar-refractivity contribution in [2.45, 2.75) is 39.3 Å². The molecule has 3 rings (SSSR count). The van der Waals surface area contributed by atoms with Crippen LogP contribution in [0.3, 0.4) is 0 Å². The minimum atomic E-state index is -4.70. The molecule has 11 heteroatoms. The fourth-order valence-corrected chi connectivity index (χ4v) is 3.41. The number of nitrogens with one attached hydrogen (secondary N) is 3. The maximum atomic E-state index is 13.6. The molecule has 0 bridgehead atoms. The average molecular weight is 486 g/mol. The number of carbonyl (C=O) groups is 1. The van der Waals surface area contributed by atoms with E-state index < -0.39 is 23.2 Å². The lowest BCUT2D eigenvalue weighted by Crippen LogP contribution is -2.23. The van der Waals surface area contributed by atoms with Crippen LogP contribution >= 0.6 is 0 Å². The summed E-state index contributed by atoms with van der Waals surface area (Å²) in [5.74, 6) is 1.11. The summed E-state index contributed by atoms with van der Waals surface area (Å²) in [6, 6.07) is 4.44. The summed E-state index contributed by atoms with van der Waals surface area (Å²) in [6.07, 6.45) is 0.302. The number of allylic oxidation sites excluding steroid dienone is 1. The summed E-state index contributed by atoms with van der Waals surface area (Å²) in [5, 5.41) is 17.3. The molecule has 1 aliphatic rings. The minimum Gasteiger partial charge on any atom is -0.492 e. The Morgan fingerprint density at radius 2 is 2.00 bits per heavy atom. The molecule has 0 fully saturated rings. The molecule has 0 saturated heterocycles. The SMILES string of the molecule is CCOC1=CNCC(c2ncc(NC(=O)Nc3ccc(C(C)(C)C#N)c(C(F)(F)F)c3)c(C)n2)=C1. The number of halogens is 3. The second-order valence-electron chi connectivity index (χ2n) is 8.30. The van der Waals surface area contributed by atoms with Gasteiger partial charge in [-0.15, -0.1) is 0 Å². The highest BCUT2D eigenvalue weighted by atomic mass is 19.4. The van der Waals surface area contributed by atoms with E-state index in [0.29, 0.717) is 36.1 Å². The number of anilines is 2. The van der Waals surface area contributed by atoms with Crippen LogP contribution in [0.15, 0.2) is 42.4 Å². The van der Waals surface area contributed by atoms with Crippen molar-refractivity contribution < 1.29 is 22.7 Å². The van der Waals surface area contributed by atoms with Crippen molar-refractivity contribution in [3.8, 4) is 6.07 Å². The summed E-state index contributed by atoms with van der Waals surface area (Å²) in [5.41, 5.74) is -1.02. The molecule has 0 atom stereocenters. The van der Waals surface area contributed by atoms with Gasteiger partial charge < -0.3 is 20.7 Å². The van der Waals surface area contributed by atoms with Crippen molar-refractivity contribution in [3.63, 3.8) is 0 Å². The molecule has 3 N–H and O–H groups in total. The molecule has 0 unspecified atom stereocenters. The fourth-order valence-electron chi connectivity index (χ4n) is 3.41. The number of benzene rings is 1. The molecule has 0 aliphatic carbocycles. The third kappa shape index (κ3) is 6.09. The van der Waals surface area contributed by atoms with Crippen molar-refractivity contribution >= 4 is 23.0 Å². The Morgan fingerprint density at radius 3 is 2.63 bits per heavy atom. The van der Waals surface area contributed by atoms with Crippen molar-refractivity contribution in [1.82, 2.24) is 15.3 Å². The van der Waals surface area contributed by atoms with E-state index in [1.807, 2.05) is 19.1 Å². The molecule has 2 amide bonds. The van der Waals surface area contributed by atoms with Crippen LogP contribution in [0.25, 0.3) is 5.57 Å². The lowest BCUT2D eigenvalue weighted by Gasteiger charge is -2.22. The number of hydrogen-bond donors (Lipinski definition) is 3. The Morgan fingerprint density at radius 1 is 1.26 bits per heavy atom. The number of hydrogen-bond acceptors (Lipinski definition) is 6. The molecule has 1 aliphatic heterocycles. The van der Waals surface area contributed by atoms with Crippen LogP contribution in [0.1, 0.15) is 43.4 Å². The number of alkyl halides is 3. The van der Waals surface area contributed by atoms with Crippen molar-refractivity contribution in [1.29, 1.82) is 5.26 Å². The zero-order valence-electron chi connectivity index (χ0n) is 19.7. The number of carbonyl (C=O) groups excluding carboxylic acids is 1. The standard InChI is InChI=1S/C24H25F3N6O2/c1-5-35-17-8-15(10-29-11-17)21-30-12-20(14(2)31-21)33-22(34)32-16-6-7-18(23(3,4)13-28)19(9-16)24(25,26)27/h6-9,11-12,29H,5,10H2,1-4H3,(H2,32,33,34). The van der Waals surface area contributed by atoms with Gasteiger partial charge in [-0.05, 0) is 51.5 Å². The molecule has 184 valence electrons. The lowest BCUT2D eigenvalue weighted by atomic mass is 9.83. The van der Waals surface area contributed by atoms with Gasteiger partial charge in [-0.25, -0.2) is 14.8 Å². The van der Waals surface area contributed by atoms with Crippen LogP contribution in [-0.2, 0) is 16.3 Å². The van der Waals surface area contributed by atoms with Crippen LogP contribution in [0.2, 0.25) is 0 Å². The molecule has 1 aromatic carbocycles. The van der Waals surface area contributed by atoms with E-state index in [9.17, 15) is 23.2 Å². The second kappa shape index (κ2) is 10.0. The molecule has 2 aromatic rings. The maximum Gasteiger partial charge on any atom is 0.416 e. The first-order valence-electron chi connectivity index (χ1n) is 10.8. The molecule has 35 heavy (non-hydrogen) atoms. The smallest absolute Gasteiger partial charge is 0.416 e. The predicted octanol–water partition coefficient (Wildman–Crippen LogP) is 5.11. The second-order valence-corrected chi connectivity index (χ2v) is 8.30. The van der Waals surface area contributed by atoms with Gasteiger partial charge in [-0.2, -0.15) is 18.4 Å². The van der Waals surface area contributed by atoms with E-state index in [1.165, 1.54) is 32.2 Å². The molecule has 0 radical (unpaired) electrons. The van der Waals surface area contributed by atoms with E-state index >= 15 is 0 Å². The van der Waals surface area contributed by atoms with Gasteiger partial charge in [0, 0.05) is 24.0 Å². The van der Waals surface area contributed by atoms with E-state index in [-0.39, 0.29) is 11.3 Å². The van der Waals surface area contributed by atoms with E-state index in [0.717, 1.165) is 11.6 Å². The van der Waals surface area contributed by atoms with E-state index in [1.54, 1.807) is 13.1 Å². The van der Waals surface area contributed by atoms with Gasteiger partial charge in [-0.1, -0.05) is 6.07 Å². The summed E-state index contributed by atoms with van der Waals surface area (Å²) >= 11 is 0. The number of urea groups is 1. The van der Waals surface area contributed by atoms with Crippen LogP contribution in [0, 0.1) is 18.3 Å². The van der Waals surface area contributed by atoms with Crippen molar-refractivity contribution in [2.24, 2.45) is 0 Å². The number of aryl methyl sites for hydroxylation is 1.